The van der Waals surface area contributed by atoms with Gasteiger partial charge in [0.2, 0.25) is 0 Å². The van der Waals surface area contributed by atoms with E-state index in [1.165, 1.54) is 29.7 Å². The molecule has 3 aromatic heterocycles. The van der Waals surface area contributed by atoms with E-state index in [1.54, 1.807) is 11.9 Å². The summed E-state index contributed by atoms with van der Waals surface area (Å²) in [7, 11) is 0. The summed E-state index contributed by atoms with van der Waals surface area (Å²) in [5.41, 5.74) is 2.00. The molecule has 4 heterocycles. The lowest BCUT2D eigenvalue weighted by atomic mass is 9.90. The molecular formula is C22H24ClN7S2. The fraction of sp³-hybridized carbons (Fsp3) is 0.545. The SMILES string of the molecule is CC1(NSc2cc(C3CCNCC3)c3c(Cl)nc(-c4nnc(C5(C#N)CC5)s4)n3c2)CC1. The molecule has 2 saturated carbocycles. The maximum absolute atomic E-state index is 9.54. The summed E-state index contributed by atoms with van der Waals surface area (Å²) < 4.78 is 5.72. The minimum atomic E-state index is -0.447. The lowest BCUT2D eigenvalue weighted by Gasteiger charge is -2.24. The Hall–Kier alpha value is -1.70. The van der Waals surface area contributed by atoms with Gasteiger partial charge < -0.3 is 5.32 Å². The minimum Gasteiger partial charge on any atom is -0.317 e. The molecule has 3 aliphatic rings. The normalized spacial score (nSPS) is 21.5. The van der Waals surface area contributed by atoms with Gasteiger partial charge in [0.1, 0.15) is 10.4 Å². The number of aromatic nitrogens is 4. The van der Waals surface area contributed by atoms with Crippen LogP contribution in [0.5, 0.6) is 0 Å². The van der Waals surface area contributed by atoms with E-state index >= 15 is 0 Å². The molecule has 0 atom stereocenters. The molecule has 32 heavy (non-hydrogen) atoms. The molecule has 2 aliphatic carbocycles. The van der Waals surface area contributed by atoms with Crippen LogP contribution in [-0.2, 0) is 5.41 Å². The highest BCUT2D eigenvalue weighted by Gasteiger charge is 2.48. The second-order valence-electron chi connectivity index (χ2n) is 9.47. The van der Waals surface area contributed by atoms with E-state index in [4.69, 9.17) is 16.6 Å². The van der Waals surface area contributed by atoms with Crippen LogP contribution in [0.3, 0.4) is 0 Å². The molecule has 0 unspecified atom stereocenters. The Morgan fingerprint density at radius 1 is 1.28 bits per heavy atom. The number of piperidine rings is 1. The Morgan fingerprint density at radius 3 is 2.75 bits per heavy atom. The Bertz CT molecular complexity index is 1230. The minimum absolute atomic E-state index is 0.230. The molecule has 0 radical (unpaired) electrons. The van der Waals surface area contributed by atoms with Crippen molar-refractivity contribution in [1.29, 1.82) is 5.26 Å². The largest absolute Gasteiger partial charge is 0.317 e. The molecule has 0 amide bonds. The number of imidazole rings is 1. The molecule has 2 N–H and O–H groups in total. The van der Waals surface area contributed by atoms with E-state index in [2.05, 4.69) is 49.9 Å². The molecule has 3 aromatic rings. The molecule has 0 aromatic carbocycles. The van der Waals surface area contributed by atoms with E-state index in [0.29, 0.717) is 21.9 Å². The van der Waals surface area contributed by atoms with Crippen molar-refractivity contribution in [3.8, 4) is 16.9 Å². The van der Waals surface area contributed by atoms with Crippen LogP contribution in [0.25, 0.3) is 16.3 Å². The standard InChI is InChI=1S/C22H24ClN7S2/c1-21(4-5-21)29-32-14-10-15(13-2-8-25-9-3-13)16-17(23)26-18(30(16)11-14)19-27-28-20(31-19)22(12-24)6-7-22/h10-11,13,25,29H,2-9H2,1H3. The lowest BCUT2D eigenvalue weighted by Crippen LogP contribution is -2.27. The van der Waals surface area contributed by atoms with Crippen molar-refractivity contribution in [3.05, 3.63) is 28.0 Å². The number of pyridine rings is 1. The highest BCUT2D eigenvalue weighted by molar-refractivity contribution is 7.97. The van der Waals surface area contributed by atoms with Gasteiger partial charge in [-0.3, -0.25) is 9.12 Å². The first-order valence-corrected chi connectivity index (χ1v) is 13.1. The summed E-state index contributed by atoms with van der Waals surface area (Å²) in [4.78, 5) is 5.88. The lowest BCUT2D eigenvalue weighted by molar-refractivity contribution is 0.461. The highest BCUT2D eigenvalue weighted by Crippen LogP contribution is 2.49. The zero-order valence-corrected chi connectivity index (χ0v) is 20.2. The van der Waals surface area contributed by atoms with Gasteiger partial charge >= 0.3 is 0 Å². The predicted octanol–water partition coefficient (Wildman–Crippen LogP) is 4.68. The molecule has 6 rings (SSSR count). The van der Waals surface area contributed by atoms with Gasteiger partial charge in [-0.15, -0.1) is 10.2 Å². The highest BCUT2D eigenvalue weighted by atomic mass is 35.5. The number of nitrogens with one attached hydrogen (secondary N) is 2. The summed E-state index contributed by atoms with van der Waals surface area (Å²) in [6.45, 7) is 4.29. The van der Waals surface area contributed by atoms with E-state index in [-0.39, 0.29) is 5.54 Å². The molecular weight excluding hydrogens is 462 g/mol. The number of hydrogen-bond donors (Lipinski definition) is 2. The number of nitrogens with zero attached hydrogens (tertiary/aromatic N) is 5. The first kappa shape index (κ1) is 20.9. The fourth-order valence-corrected chi connectivity index (χ4v) is 6.52. The number of hydrogen-bond acceptors (Lipinski definition) is 8. The van der Waals surface area contributed by atoms with Gasteiger partial charge in [0.05, 0.1) is 11.6 Å². The second kappa shape index (κ2) is 7.67. The quantitative estimate of drug-likeness (QED) is 0.490. The summed E-state index contributed by atoms with van der Waals surface area (Å²) in [6, 6.07) is 4.70. The number of halogens is 1. The molecule has 1 saturated heterocycles. The van der Waals surface area contributed by atoms with Crippen LogP contribution in [0.2, 0.25) is 5.15 Å². The number of rotatable bonds is 6. The predicted molar refractivity (Wildman–Crippen MR) is 127 cm³/mol. The molecule has 0 bridgehead atoms. The van der Waals surface area contributed by atoms with Crippen molar-refractivity contribution < 1.29 is 0 Å². The topological polar surface area (TPSA) is 90.9 Å². The van der Waals surface area contributed by atoms with Crippen molar-refractivity contribution in [2.75, 3.05) is 13.1 Å². The van der Waals surface area contributed by atoms with Crippen LogP contribution in [0.1, 0.15) is 61.9 Å². The van der Waals surface area contributed by atoms with Crippen LogP contribution in [-0.4, -0.2) is 38.2 Å². The summed E-state index contributed by atoms with van der Waals surface area (Å²) >= 11 is 9.88. The first-order chi connectivity index (χ1) is 15.5. The maximum atomic E-state index is 9.54. The van der Waals surface area contributed by atoms with E-state index in [9.17, 15) is 5.26 Å². The van der Waals surface area contributed by atoms with Crippen LogP contribution in [0.15, 0.2) is 17.2 Å². The fourth-order valence-electron chi connectivity index (χ4n) is 4.30. The van der Waals surface area contributed by atoms with E-state index in [1.807, 2.05) is 0 Å². The molecule has 1 aliphatic heterocycles. The number of nitriles is 1. The van der Waals surface area contributed by atoms with Gasteiger partial charge in [-0.1, -0.05) is 22.9 Å². The molecule has 7 nitrogen and oxygen atoms in total. The first-order valence-electron chi connectivity index (χ1n) is 11.1. The molecule has 166 valence electrons. The van der Waals surface area contributed by atoms with Gasteiger partial charge in [-0.25, -0.2) is 4.98 Å². The van der Waals surface area contributed by atoms with E-state index in [0.717, 1.165) is 54.2 Å². The molecule has 3 fully saturated rings. The smallest absolute Gasteiger partial charge is 0.184 e. The third-order valence-corrected chi connectivity index (χ3v) is 9.32. The van der Waals surface area contributed by atoms with Crippen LogP contribution in [0.4, 0.5) is 0 Å². The zero-order chi connectivity index (χ0) is 21.9. The average molecular weight is 486 g/mol. The van der Waals surface area contributed by atoms with Crippen molar-refractivity contribution in [3.63, 3.8) is 0 Å². The van der Waals surface area contributed by atoms with Gasteiger partial charge in [-0.05, 0) is 88.0 Å². The average Bonchev–Trinajstić information content (AvgIpc) is 3.69. The van der Waals surface area contributed by atoms with E-state index < -0.39 is 5.41 Å². The maximum Gasteiger partial charge on any atom is 0.184 e. The van der Waals surface area contributed by atoms with Crippen LogP contribution >= 0.6 is 34.9 Å². The van der Waals surface area contributed by atoms with Gasteiger partial charge in [-0.2, -0.15) is 5.26 Å². The summed E-state index contributed by atoms with van der Waals surface area (Å²) in [6.07, 6.45) is 8.40. The van der Waals surface area contributed by atoms with Crippen molar-refractivity contribution in [2.24, 2.45) is 0 Å². The summed E-state index contributed by atoms with van der Waals surface area (Å²) in [5.74, 6) is 1.15. The zero-order valence-electron chi connectivity index (χ0n) is 17.8. The van der Waals surface area contributed by atoms with Crippen molar-refractivity contribution >= 4 is 40.4 Å². The molecule has 0 spiro atoms. The summed E-state index contributed by atoms with van der Waals surface area (Å²) in [5, 5.41) is 23.8. The Labute approximate surface area is 200 Å². The van der Waals surface area contributed by atoms with Crippen LogP contribution < -0.4 is 10.0 Å². The van der Waals surface area contributed by atoms with Crippen molar-refractivity contribution in [2.45, 2.75) is 67.2 Å². The number of fused-ring (bicyclic) bond motifs is 1. The Kier molecular flexibility index (Phi) is 5.01. The Morgan fingerprint density at radius 2 is 2.06 bits per heavy atom. The second-order valence-corrected chi connectivity index (χ2v) is 11.7. The van der Waals surface area contributed by atoms with Gasteiger partial charge in [0, 0.05) is 16.6 Å². The van der Waals surface area contributed by atoms with Gasteiger partial charge in [0.25, 0.3) is 0 Å². The monoisotopic (exact) mass is 485 g/mol. The third-order valence-electron chi connectivity index (χ3n) is 6.88. The Balaban J connectivity index is 1.45. The third kappa shape index (κ3) is 3.62. The van der Waals surface area contributed by atoms with Crippen LogP contribution in [0, 0.1) is 11.3 Å². The molecule has 10 heteroatoms. The van der Waals surface area contributed by atoms with Gasteiger partial charge in [0.15, 0.2) is 16.0 Å². The van der Waals surface area contributed by atoms with Crippen molar-refractivity contribution in [1.82, 2.24) is 29.6 Å².